The molecule has 0 aromatic rings. The van der Waals surface area contributed by atoms with Crippen molar-refractivity contribution in [1.29, 1.82) is 0 Å². The zero-order valence-electron chi connectivity index (χ0n) is 6.92. The van der Waals surface area contributed by atoms with E-state index in [-0.39, 0.29) is 5.91 Å². The van der Waals surface area contributed by atoms with E-state index in [1.165, 1.54) is 0 Å². The van der Waals surface area contributed by atoms with Crippen LogP contribution in [-0.4, -0.2) is 24.9 Å². The van der Waals surface area contributed by atoms with E-state index in [0.29, 0.717) is 0 Å². The lowest BCUT2D eigenvalue weighted by Crippen LogP contribution is -2.18. The Morgan fingerprint density at radius 1 is 1.50 bits per heavy atom. The molecule has 0 aliphatic heterocycles. The first kappa shape index (κ1) is 9.21. The molecular formula is C8H15NO. The number of carbonyl (C=O) groups is 1. The van der Waals surface area contributed by atoms with Gasteiger partial charge < -0.3 is 4.90 Å². The van der Waals surface area contributed by atoms with Crippen LogP contribution < -0.4 is 0 Å². The Bertz CT molecular complexity index is 127. The summed E-state index contributed by atoms with van der Waals surface area (Å²) < 4.78 is 0. The average Bonchev–Trinajstić information content (AvgIpc) is 1.88. The number of unbranched alkanes of at least 4 members (excludes halogenated alkanes) is 1. The molecule has 0 aromatic heterocycles. The molecule has 0 bridgehead atoms. The van der Waals surface area contributed by atoms with Crippen LogP contribution in [0.2, 0.25) is 0 Å². The van der Waals surface area contributed by atoms with Crippen molar-refractivity contribution in [3.05, 3.63) is 12.2 Å². The number of likely N-dealkylation sites (N-methyl/N-ethyl adjacent to an activating group) is 1. The molecule has 0 heterocycles. The highest BCUT2D eigenvalue weighted by atomic mass is 16.2. The zero-order valence-corrected chi connectivity index (χ0v) is 6.92. The minimum atomic E-state index is 0.0634. The van der Waals surface area contributed by atoms with Crippen LogP contribution in [0.5, 0.6) is 0 Å². The summed E-state index contributed by atoms with van der Waals surface area (Å²) in [6, 6.07) is 0. The Kier molecular flexibility index (Phi) is 4.63. The lowest BCUT2D eigenvalue weighted by molar-refractivity contribution is -0.123. The molecule has 2 nitrogen and oxygen atoms in total. The van der Waals surface area contributed by atoms with Crippen molar-refractivity contribution in [2.45, 2.75) is 19.8 Å². The summed E-state index contributed by atoms with van der Waals surface area (Å²) in [5.74, 6) is 0.0634. The lowest BCUT2D eigenvalue weighted by Gasteiger charge is -2.04. The van der Waals surface area contributed by atoms with Gasteiger partial charge in [-0.25, -0.2) is 0 Å². The molecule has 0 unspecified atom stereocenters. The maximum Gasteiger partial charge on any atom is 0.245 e. The van der Waals surface area contributed by atoms with Gasteiger partial charge in [-0.1, -0.05) is 19.4 Å². The third-order valence-corrected chi connectivity index (χ3v) is 1.16. The van der Waals surface area contributed by atoms with Crippen LogP contribution in [-0.2, 0) is 4.79 Å². The fraction of sp³-hybridized carbons (Fsp3) is 0.625. The van der Waals surface area contributed by atoms with Crippen LogP contribution in [0.25, 0.3) is 0 Å². The number of carbonyl (C=O) groups excluding carboxylic acids is 1. The summed E-state index contributed by atoms with van der Waals surface area (Å²) in [7, 11) is 3.50. The zero-order chi connectivity index (χ0) is 7.98. The molecule has 0 atom stereocenters. The second kappa shape index (κ2) is 5.03. The number of hydrogen-bond donors (Lipinski definition) is 0. The largest absolute Gasteiger partial charge is 0.345 e. The van der Waals surface area contributed by atoms with E-state index in [0.717, 1.165) is 12.8 Å². The Morgan fingerprint density at radius 3 is 2.50 bits per heavy atom. The van der Waals surface area contributed by atoms with Crippen molar-refractivity contribution < 1.29 is 4.79 Å². The minimum Gasteiger partial charge on any atom is -0.345 e. The SMILES string of the molecule is CCCC=CC(=O)N(C)C. The highest BCUT2D eigenvalue weighted by molar-refractivity contribution is 5.86. The molecule has 1 amide bonds. The fourth-order valence-electron chi connectivity index (χ4n) is 0.500. The second-order valence-electron chi connectivity index (χ2n) is 2.42. The van der Waals surface area contributed by atoms with Crippen molar-refractivity contribution in [3.63, 3.8) is 0 Å². The van der Waals surface area contributed by atoms with Gasteiger partial charge in [0.15, 0.2) is 0 Å². The van der Waals surface area contributed by atoms with Gasteiger partial charge in [0, 0.05) is 14.1 Å². The number of hydrogen-bond acceptors (Lipinski definition) is 1. The van der Waals surface area contributed by atoms with Crippen molar-refractivity contribution >= 4 is 5.91 Å². The molecule has 0 saturated heterocycles. The predicted molar refractivity (Wildman–Crippen MR) is 42.7 cm³/mol. The average molecular weight is 141 g/mol. The smallest absolute Gasteiger partial charge is 0.245 e. The highest BCUT2D eigenvalue weighted by Gasteiger charge is 1.94. The van der Waals surface area contributed by atoms with Gasteiger partial charge in [0.2, 0.25) is 5.91 Å². The van der Waals surface area contributed by atoms with Gasteiger partial charge >= 0.3 is 0 Å². The van der Waals surface area contributed by atoms with E-state index >= 15 is 0 Å². The topological polar surface area (TPSA) is 20.3 Å². The summed E-state index contributed by atoms with van der Waals surface area (Å²) in [4.78, 5) is 12.4. The highest BCUT2D eigenvalue weighted by Crippen LogP contribution is 1.89. The molecule has 0 radical (unpaired) electrons. The molecule has 0 aliphatic carbocycles. The summed E-state index contributed by atoms with van der Waals surface area (Å²) in [5, 5.41) is 0. The molecule has 10 heavy (non-hydrogen) atoms. The summed E-state index contributed by atoms with van der Waals surface area (Å²) in [6.45, 7) is 2.09. The van der Waals surface area contributed by atoms with Crippen molar-refractivity contribution in [2.24, 2.45) is 0 Å². The molecule has 0 rings (SSSR count). The molecule has 2 heteroatoms. The van der Waals surface area contributed by atoms with E-state index in [2.05, 4.69) is 6.92 Å². The number of rotatable bonds is 3. The molecule has 0 N–H and O–H groups in total. The molecule has 0 aromatic carbocycles. The van der Waals surface area contributed by atoms with E-state index in [9.17, 15) is 4.79 Å². The summed E-state index contributed by atoms with van der Waals surface area (Å²) in [6.07, 6.45) is 5.60. The third-order valence-electron chi connectivity index (χ3n) is 1.16. The number of amides is 1. The predicted octanol–water partition coefficient (Wildman–Crippen LogP) is 1.43. The van der Waals surface area contributed by atoms with E-state index < -0.39 is 0 Å². The van der Waals surface area contributed by atoms with E-state index in [1.54, 1.807) is 25.1 Å². The van der Waals surface area contributed by atoms with Gasteiger partial charge in [-0.2, -0.15) is 0 Å². The molecule has 58 valence electrons. The van der Waals surface area contributed by atoms with Gasteiger partial charge in [-0.3, -0.25) is 4.79 Å². The van der Waals surface area contributed by atoms with Gasteiger partial charge in [0.25, 0.3) is 0 Å². The Balaban J connectivity index is 3.56. The summed E-state index contributed by atoms with van der Waals surface area (Å²) >= 11 is 0. The van der Waals surface area contributed by atoms with Gasteiger partial charge in [-0.15, -0.1) is 0 Å². The molecule has 0 saturated carbocycles. The normalized spacial score (nSPS) is 10.3. The van der Waals surface area contributed by atoms with Crippen LogP contribution in [0.4, 0.5) is 0 Å². The number of allylic oxidation sites excluding steroid dienone is 1. The van der Waals surface area contributed by atoms with Crippen LogP contribution >= 0.6 is 0 Å². The van der Waals surface area contributed by atoms with Crippen LogP contribution in [0.1, 0.15) is 19.8 Å². The molecular weight excluding hydrogens is 126 g/mol. The Labute approximate surface area is 62.5 Å². The monoisotopic (exact) mass is 141 g/mol. The Morgan fingerprint density at radius 2 is 2.10 bits per heavy atom. The third kappa shape index (κ3) is 4.13. The van der Waals surface area contributed by atoms with Gasteiger partial charge in [0.05, 0.1) is 0 Å². The maximum absolute atomic E-state index is 10.9. The standard InChI is InChI=1S/C8H15NO/c1-4-5-6-7-8(10)9(2)3/h6-7H,4-5H2,1-3H3. The van der Waals surface area contributed by atoms with Crippen LogP contribution in [0, 0.1) is 0 Å². The first-order valence-corrected chi connectivity index (χ1v) is 3.56. The van der Waals surface area contributed by atoms with Crippen molar-refractivity contribution in [2.75, 3.05) is 14.1 Å². The van der Waals surface area contributed by atoms with Crippen molar-refractivity contribution in [1.82, 2.24) is 4.90 Å². The van der Waals surface area contributed by atoms with Gasteiger partial charge in [0.1, 0.15) is 0 Å². The van der Waals surface area contributed by atoms with E-state index in [1.807, 2.05) is 6.08 Å². The second-order valence-corrected chi connectivity index (χ2v) is 2.42. The first-order chi connectivity index (χ1) is 4.68. The Hall–Kier alpha value is -0.790. The number of nitrogens with zero attached hydrogens (tertiary/aromatic N) is 1. The maximum atomic E-state index is 10.9. The quantitative estimate of drug-likeness (QED) is 0.544. The van der Waals surface area contributed by atoms with Gasteiger partial charge in [-0.05, 0) is 12.5 Å². The van der Waals surface area contributed by atoms with E-state index in [4.69, 9.17) is 0 Å². The van der Waals surface area contributed by atoms with Crippen LogP contribution in [0.15, 0.2) is 12.2 Å². The summed E-state index contributed by atoms with van der Waals surface area (Å²) in [5.41, 5.74) is 0. The molecule has 0 spiro atoms. The minimum absolute atomic E-state index is 0.0634. The lowest BCUT2D eigenvalue weighted by atomic mass is 10.3. The fourth-order valence-corrected chi connectivity index (χ4v) is 0.500. The van der Waals surface area contributed by atoms with Crippen LogP contribution in [0.3, 0.4) is 0 Å². The first-order valence-electron chi connectivity index (χ1n) is 3.56. The van der Waals surface area contributed by atoms with Crippen molar-refractivity contribution in [3.8, 4) is 0 Å². The molecule has 0 aliphatic rings. The molecule has 0 fully saturated rings.